The van der Waals surface area contributed by atoms with E-state index in [-0.39, 0.29) is 12.8 Å². The van der Waals surface area contributed by atoms with E-state index in [2.05, 4.69) is 20.9 Å². The first kappa shape index (κ1) is 13.2. The molecule has 1 aliphatic rings. The molecule has 2 aromatic rings. The maximum absolute atomic E-state index is 11.7. The second-order valence-corrected chi connectivity index (χ2v) is 4.60. The van der Waals surface area contributed by atoms with Crippen LogP contribution < -0.4 is 20.1 Å². The lowest BCUT2D eigenvalue weighted by molar-refractivity contribution is 0.174. The molecule has 110 valence electrons. The highest BCUT2D eigenvalue weighted by atomic mass is 16.7. The lowest BCUT2D eigenvalue weighted by Crippen LogP contribution is -2.30. The van der Waals surface area contributed by atoms with Gasteiger partial charge < -0.3 is 14.8 Å². The van der Waals surface area contributed by atoms with Crippen LogP contribution in [0.4, 0.5) is 10.6 Å². The van der Waals surface area contributed by atoms with Crippen LogP contribution in [0, 0.1) is 0 Å². The summed E-state index contributed by atoms with van der Waals surface area (Å²) in [7, 11) is 1.73. The van der Waals surface area contributed by atoms with Crippen molar-refractivity contribution in [2.45, 2.75) is 6.42 Å². The van der Waals surface area contributed by atoms with Crippen LogP contribution in [0.2, 0.25) is 0 Å². The molecular formula is C13H15N5O3. The van der Waals surface area contributed by atoms with Gasteiger partial charge in [-0.15, -0.1) is 5.10 Å². The molecule has 21 heavy (non-hydrogen) atoms. The molecule has 8 nitrogen and oxygen atoms in total. The van der Waals surface area contributed by atoms with Crippen LogP contribution in [-0.4, -0.2) is 34.4 Å². The molecule has 2 N–H and O–H groups in total. The number of anilines is 1. The van der Waals surface area contributed by atoms with Crippen molar-refractivity contribution >= 4 is 11.8 Å². The molecule has 1 aromatic heterocycles. The van der Waals surface area contributed by atoms with E-state index in [1.165, 1.54) is 4.68 Å². The zero-order chi connectivity index (χ0) is 14.7. The van der Waals surface area contributed by atoms with E-state index in [1.54, 1.807) is 13.2 Å². The summed E-state index contributed by atoms with van der Waals surface area (Å²) in [4.78, 5) is 11.7. The number of hydrogen-bond acceptors (Lipinski definition) is 5. The fraction of sp³-hybridized carbons (Fsp3) is 0.308. The van der Waals surface area contributed by atoms with Crippen LogP contribution in [-0.2, 0) is 13.5 Å². The minimum atomic E-state index is -0.309. The Labute approximate surface area is 121 Å². The summed E-state index contributed by atoms with van der Waals surface area (Å²) in [6.07, 6.45) is 2.32. The topological polar surface area (TPSA) is 90.3 Å². The van der Waals surface area contributed by atoms with Gasteiger partial charge in [-0.05, 0) is 24.1 Å². The predicted molar refractivity (Wildman–Crippen MR) is 74.3 cm³/mol. The monoisotopic (exact) mass is 289 g/mol. The molecule has 0 saturated carbocycles. The molecule has 0 fully saturated rings. The molecule has 3 rings (SSSR count). The van der Waals surface area contributed by atoms with Gasteiger partial charge in [0.05, 0.1) is 6.20 Å². The summed E-state index contributed by atoms with van der Waals surface area (Å²) in [5, 5.41) is 12.9. The number of rotatable bonds is 4. The SMILES string of the molecule is Cn1cc(NC(=O)NCCc2ccc3c(c2)OCO3)nn1. The number of ether oxygens (including phenoxy) is 2. The molecule has 2 amide bonds. The average molecular weight is 289 g/mol. The number of benzene rings is 1. The number of carbonyl (C=O) groups excluding carboxylic acids is 1. The van der Waals surface area contributed by atoms with E-state index in [1.807, 2.05) is 18.2 Å². The molecule has 2 heterocycles. The second-order valence-electron chi connectivity index (χ2n) is 4.60. The van der Waals surface area contributed by atoms with E-state index in [0.717, 1.165) is 17.1 Å². The summed E-state index contributed by atoms with van der Waals surface area (Å²) >= 11 is 0. The zero-order valence-corrected chi connectivity index (χ0v) is 11.5. The van der Waals surface area contributed by atoms with Crippen molar-refractivity contribution in [1.29, 1.82) is 0 Å². The van der Waals surface area contributed by atoms with Gasteiger partial charge in [0.1, 0.15) is 0 Å². The van der Waals surface area contributed by atoms with Crippen LogP contribution in [0.1, 0.15) is 5.56 Å². The van der Waals surface area contributed by atoms with Gasteiger partial charge in [0.2, 0.25) is 6.79 Å². The number of aromatic nitrogens is 3. The Morgan fingerprint density at radius 1 is 1.38 bits per heavy atom. The first-order valence-electron chi connectivity index (χ1n) is 6.50. The zero-order valence-electron chi connectivity index (χ0n) is 11.5. The van der Waals surface area contributed by atoms with Gasteiger partial charge in [0, 0.05) is 13.6 Å². The maximum Gasteiger partial charge on any atom is 0.320 e. The van der Waals surface area contributed by atoms with Gasteiger partial charge in [0.25, 0.3) is 0 Å². The summed E-state index contributed by atoms with van der Waals surface area (Å²) in [6.45, 7) is 0.767. The summed E-state index contributed by atoms with van der Waals surface area (Å²) < 4.78 is 12.1. The standard InChI is InChI=1S/C13H15N5O3/c1-18-7-12(16-17-18)15-13(19)14-5-4-9-2-3-10-11(6-9)21-8-20-10/h2-3,6-7H,4-5,8H2,1H3,(H2,14,15,19). The Bertz CT molecular complexity index is 655. The number of fused-ring (bicyclic) bond motifs is 1. The highest BCUT2D eigenvalue weighted by Gasteiger charge is 2.13. The van der Waals surface area contributed by atoms with Crippen molar-refractivity contribution in [3.05, 3.63) is 30.0 Å². The van der Waals surface area contributed by atoms with Gasteiger partial charge in [-0.1, -0.05) is 11.3 Å². The van der Waals surface area contributed by atoms with Crippen LogP contribution in [0.3, 0.4) is 0 Å². The Kier molecular flexibility index (Phi) is 3.59. The number of nitrogens with one attached hydrogen (secondary N) is 2. The second kappa shape index (κ2) is 5.70. The fourth-order valence-electron chi connectivity index (χ4n) is 1.98. The molecule has 0 spiro atoms. The van der Waals surface area contributed by atoms with E-state index in [4.69, 9.17) is 9.47 Å². The molecule has 0 atom stereocenters. The quantitative estimate of drug-likeness (QED) is 0.873. The summed E-state index contributed by atoms with van der Waals surface area (Å²) in [5.41, 5.74) is 1.07. The molecule has 0 saturated heterocycles. The molecular weight excluding hydrogens is 274 g/mol. The first-order chi connectivity index (χ1) is 10.2. The van der Waals surface area contributed by atoms with Crippen molar-refractivity contribution in [1.82, 2.24) is 20.3 Å². The van der Waals surface area contributed by atoms with Crippen LogP contribution in [0.25, 0.3) is 0 Å². The van der Waals surface area contributed by atoms with E-state index >= 15 is 0 Å². The van der Waals surface area contributed by atoms with Crippen LogP contribution >= 0.6 is 0 Å². The van der Waals surface area contributed by atoms with Crippen molar-refractivity contribution in [3.63, 3.8) is 0 Å². The lowest BCUT2D eigenvalue weighted by atomic mass is 10.1. The lowest BCUT2D eigenvalue weighted by Gasteiger charge is -2.06. The van der Waals surface area contributed by atoms with Crippen LogP contribution in [0.15, 0.2) is 24.4 Å². The van der Waals surface area contributed by atoms with E-state index in [9.17, 15) is 4.79 Å². The molecule has 0 bridgehead atoms. The van der Waals surface area contributed by atoms with Gasteiger partial charge >= 0.3 is 6.03 Å². The molecule has 1 aliphatic heterocycles. The first-order valence-corrected chi connectivity index (χ1v) is 6.50. The smallest absolute Gasteiger partial charge is 0.320 e. The molecule has 1 aromatic carbocycles. The highest BCUT2D eigenvalue weighted by molar-refractivity contribution is 5.87. The molecule has 0 radical (unpaired) electrons. The number of nitrogens with zero attached hydrogens (tertiary/aromatic N) is 3. The highest BCUT2D eigenvalue weighted by Crippen LogP contribution is 2.32. The molecule has 8 heteroatoms. The Hall–Kier alpha value is -2.77. The van der Waals surface area contributed by atoms with Crippen molar-refractivity contribution in [2.75, 3.05) is 18.7 Å². The van der Waals surface area contributed by atoms with Crippen molar-refractivity contribution in [2.24, 2.45) is 7.05 Å². The van der Waals surface area contributed by atoms with Gasteiger partial charge in [-0.25, -0.2) is 4.79 Å². The maximum atomic E-state index is 11.7. The Morgan fingerprint density at radius 2 is 2.24 bits per heavy atom. The number of hydrogen-bond donors (Lipinski definition) is 2. The minimum Gasteiger partial charge on any atom is -0.454 e. The number of aryl methyl sites for hydroxylation is 1. The van der Waals surface area contributed by atoms with Crippen molar-refractivity contribution < 1.29 is 14.3 Å². The van der Waals surface area contributed by atoms with E-state index < -0.39 is 0 Å². The number of urea groups is 1. The Balaban J connectivity index is 1.46. The summed E-state index contributed by atoms with van der Waals surface area (Å²) in [5.74, 6) is 1.92. The normalized spacial score (nSPS) is 12.2. The Morgan fingerprint density at radius 3 is 3.05 bits per heavy atom. The third-order valence-corrected chi connectivity index (χ3v) is 2.98. The largest absolute Gasteiger partial charge is 0.454 e. The van der Waals surface area contributed by atoms with Crippen molar-refractivity contribution in [3.8, 4) is 11.5 Å². The summed E-state index contributed by atoms with van der Waals surface area (Å²) in [6, 6.07) is 5.44. The molecule has 0 aliphatic carbocycles. The average Bonchev–Trinajstić information content (AvgIpc) is 3.07. The van der Waals surface area contributed by atoms with Gasteiger partial charge in [-0.3, -0.25) is 10.00 Å². The number of amides is 2. The minimum absolute atomic E-state index is 0.261. The third-order valence-electron chi connectivity index (χ3n) is 2.98. The molecule has 0 unspecified atom stereocenters. The fourth-order valence-corrected chi connectivity index (χ4v) is 1.98. The number of carbonyl (C=O) groups is 1. The van der Waals surface area contributed by atoms with Gasteiger partial charge in [-0.2, -0.15) is 0 Å². The van der Waals surface area contributed by atoms with Gasteiger partial charge in [0.15, 0.2) is 17.3 Å². The third kappa shape index (κ3) is 3.22. The van der Waals surface area contributed by atoms with E-state index in [0.29, 0.717) is 18.8 Å². The predicted octanol–water partition coefficient (Wildman–Crippen LogP) is 0.908. The van der Waals surface area contributed by atoms with Crippen LogP contribution in [0.5, 0.6) is 11.5 Å².